The van der Waals surface area contributed by atoms with Crippen molar-refractivity contribution in [1.82, 2.24) is 4.90 Å². The number of amides is 1. The molecule has 1 aliphatic heterocycles. The standard InChI is InChI=1S/C28H31NO5/c30-27(31)13-2-1-7-19-34-26-11-4-3-9-23(26)24-10-5-6-18-29(24)28(32)22-16-14-21(15-17-22)25-12-8-20-33-25/h3-4,8-9,11-12,14-17,20,24H,1-2,5-7,10,13,18-19H2,(H,30,31). The molecule has 1 aromatic heterocycles. The van der Waals surface area contributed by atoms with Crippen molar-refractivity contribution in [2.24, 2.45) is 0 Å². The number of ether oxygens (including phenoxy) is 1. The molecule has 1 unspecified atom stereocenters. The first-order valence-electron chi connectivity index (χ1n) is 12.0. The summed E-state index contributed by atoms with van der Waals surface area (Å²) < 4.78 is 11.5. The van der Waals surface area contributed by atoms with Gasteiger partial charge in [0.1, 0.15) is 11.5 Å². The second-order valence-electron chi connectivity index (χ2n) is 8.66. The summed E-state index contributed by atoms with van der Waals surface area (Å²) in [5.41, 5.74) is 2.64. The molecule has 0 saturated carbocycles. The zero-order valence-electron chi connectivity index (χ0n) is 19.3. The van der Waals surface area contributed by atoms with Crippen LogP contribution in [0.1, 0.15) is 66.9 Å². The van der Waals surface area contributed by atoms with Crippen molar-refractivity contribution in [3.8, 4) is 17.1 Å². The number of benzene rings is 2. The minimum absolute atomic E-state index is 0.0270. The van der Waals surface area contributed by atoms with Gasteiger partial charge >= 0.3 is 5.97 Å². The Hall–Kier alpha value is -3.54. The summed E-state index contributed by atoms with van der Waals surface area (Å²) in [5.74, 6) is 0.852. The fourth-order valence-corrected chi connectivity index (χ4v) is 4.51. The van der Waals surface area contributed by atoms with Crippen LogP contribution in [0.25, 0.3) is 11.3 Å². The first-order valence-corrected chi connectivity index (χ1v) is 12.0. The Morgan fingerprint density at radius 1 is 0.971 bits per heavy atom. The molecule has 6 heteroatoms. The molecular weight excluding hydrogens is 430 g/mol. The highest BCUT2D eigenvalue weighted by Gasteiger charge is 2.30. The minimum atomic E-state index is -0.760. The number of rotatable bonds is 10. The van der Waals surface area contributed by atoms with Gasteiger partial charge in [-0.05, 0) is 68.9 Å². The molecule has 1 atom stereocenters. The topological polar surface area (TPSA) is 80.0 Å². The average Bonchev–Trinajstić information content (AvgIpc) is 3.41. The van der Waals surface area contributed by atoms with Gasteiger partial charge in [-0.3, -0.25) is 9.59 Å². The summed E-state index contributed by atoms with van der Waals surface area (Å²) in [4.78, 5) is 26.1. The maximum Gasteiger partial charge on any atom is 0.303 e. The van der Waals surface area contributed by atoms with Crippen LogP contribution in [0.2, 0.25) is 0 Å². The summed E-state index contributed by atoms with van der Waals surface area (Å²) in [5, 5.41) is 8.77. The molecule has 1 amide bonds. The van der Waals surface area contributed by atoms with E-state index in [9.17, 15) is 9.59 Å². The maximum absolute atomic E-state index is 13.5. The van der Waals surface area contributed by atoms with Crippen molar-refractivity contribution in [3.63, 3.8) is 0 Å². The highest BCUT2D eigenvalue weighted by atomic mass is 16.5. The van der Waals surface area contributed by atoms with Crippen molar-refractivity contribution in [2.45, 2.75) is 51.0 Å². The average molecular weight is 462 g/mol. The summed E-state index contributed by atoms with van der Waals surface area (Å²) in [6.07, 6.45) is 7.06. The number of likely N-dealkylation sites (tertiary alicyclic amines) is 1. The van der Waals surface area contributed by atoms with Crippen molar-refractivity contribution >= 4 is 11.9 Å². The molecule has 178 valence electrons. The van der Waals surface area contributed by atoms with E-state index in [0.29, 0.717) is 25.1 Å². The van der Waals surface area contributed by atoms with Gasteiger partial charge in [0.2, 0.25) is 0 Å². The fraction of sp³-hybridized carbons (Fsp3) is 0.357. The molecule has 2 heterocycles. The van der Waals surface area contributed by atoms with E-state index in [0.717, 1.165) is 54.7 Å². The second kappa shape index (κ2) is 11.5. The van der Waals surface area contributed by atoms with E-state index in [2.05, 4.69) is 6.07 Å². The number of piperidine rings is 1. The second-order valence-corrected chi connectivity index (χ2v) is 8.66. The molecular formula is C28H31NO5. The molecule has 0 spiro atoms. The van der Waals surface area contributed by atoms with Crippen molar-refractivity contribution in [3.05, 3.63) is 78.1 Å². The van der Waals surface area contributed by atoms with E-state index in [4.69, 9.17) is 14.3 Å². The third-order valence-corrected chi connectivity index (χ3v) is 6.27. The van der Waals surface area contributed by atoms with Crippen LogP contribution in [0, 0.1) is 0 Å². The number of furan rings is 1. The number of aliphatic carboxylic acids is 1. The lowest BCUT2D eigenvalue weighted by Crippen LogP contribution is -2.38. The van der Waals surface area contributed by atoms with Gasteiger partial charge in [0.25, 0.3) is 5.91 Å². The molecule has 0 aliphatic carbocycles. The van der Waals surface area contributed by atoms with Gasteiger partial charge in [0, 0.05) is 29.7 Å². The molecule has 6 nitrogen and oxygen atoms in total. The van der Waals surface area contributed by atoms with Gasteiger partial charge in [-0.15, -0.1) is 0 Å². The van der Waals surface area contributed by atoms with E-state index in [1.54, 1.807) is 6.26 Å². The highest BCUT2D eigenvalue weighted by Crippen LogP contribution is 2.37. The Labute approximate surface area is 200 Å². The predicted octanol–water partition coefficient (Wildman–Crippen LogP) is 6.34. The van der Waals surface area contributed by atoms with Crippen LogP contribution in [0.15, 0.2) is 71.3 Å². The number of hydrogen-bond acceptors (Lipinski definition) is 4. The summed E-state index contributed by atoms with van der Waals surface area (Å²) in [7, 11) is 0. The molecule has 2 aromatic carbocycles. The lowest BCUT2D eigenvalue weighted by Gasteiger charge is -2.37. The summed E-state index contributed by atoms with van der Waals surface area (Å²) >= 11 is 0. The van der Waals surface area contributed by atoms with Crippen LogP contribution >= 0.6 is 0 Å². The van der Waals surface area contributed by atoms with Gasteiger partial charge in [0.05, 0.1) is 18.9 Å². The van der Waals surface area contributed by atoms with Gasteiger partial charge in [-0.1, -0.05) is 30.3 Å². The molecule has 1 aliphatic rings. The molecule has 1 saturated heterocycles. The monoisotopic (exact) mass is 461 g/mol. The highest BCUT2D eigenvalue weighted by molar-refractivity contribution is 5.95. The Balaban J connectivity index is 1.44. The number of nitrogens with zero attached hydrogens (tertiary/aromatic N) is 1. The number of carbonyl (C=O) groups excluding carboxylic acids is 1. The zero-order valence-corrected chi connectivity index (χ0v) is 19.3. The Morgan fingerprint density at radius 3 is 2.56 bits per heavy atom. The SMILES string of the molecule is O=C(O)CCCCCOc1ccccc1C1CCCCN1C(=O)c1ccc(-c2ccco2)cc1. The molecule has 34 heavy (non-hydrogen) atoms. The largest absolute Gasteiger partial charge is 0.493 e. The van der Waals surface area contributed by atoms with E-state index in [1.807, 2.05) is 59.5 Å². The summed E-state index contributed by atoms with van der Waals surface area (Å²) in [6.45, 7) is 1.25. The minimum Gasteiger partial charge on any atom is -0.493 e. The molecule has 3 aromatic rings. The van der Waals surface area contributed by atoms with E-state index >= 15 is 0 Å². The number of carboxylic acid groups (broad SMARTS) is 1. The molecule has 1 fully saturated rings. The van der Waals surface area contributed by atoms with Crippen LogP contribution in [-0.4, -0.2) is 35.0 Å². The lowest BCUT2D eigenvalue weighted by atomic mass is 9.93. The molecule has 4 rings (SSSR count). The third kappa shape index (κ3) is 5.87. The number of hydrogen-bond donors (Lipinski definition) is 1. The number of unbranched alkanes of at least 4 members (excludes halogenated alkanes) is 2. The first kappa shape index (κ1) is 23.6. The van der Waals surface area contributed by atoms with Gasteiger partial charge in [-0.25, -0.2) is 0 Å². The number of carbonyl (C=O) groups is 2. The van der Waals surface area contributed by atoms with Crippen LogP contribution in [0.3, 0.4) is 0 Å². The fourth-order valence-electron chi connectivity index (χ4n) is 4.51. The van der Waals surface area contributed by atoms with Crippen LogP contribution in [0.5, 0.6) is 5.75 Å². The van der Waals surface area contributed by atoms with Gasteiger partial charge in [-0.2, -0.15) is 0 Å². The van der Waals surface area contributed by atoms with Gasteiger partial charge < -0.3 is 19.2 Å². The molecule has 0 radical (unpaired) electrons. The molecule has 1 N–H and O–H groups in total. The van der Waals surface area contributed by atoms with Crippen molar-refractivity contribution in [1.29, 1.82) is 0 Å². The third-order valence-electron chi connectivity index (χ3n) is 6.27. The Bertz CT molecular complexity index is 1070. The quantitative estimate of drug-likeness (QED) is 0.357. The predicted molar refractivity (Wildman–Crippen MR) is 130 cm³/mol. The van der Waals surface area contributed by atoms with E-state index < -0.39 is 5.97 Å². The Morgan fingerprint density at radius 2 is 1.79 bits per heavy atom. The van der Waals surface area contributed by atoms with Gasteiger partial charge in [0.15, 0.2) is 0 Å². The maximum atomic E-state index is 13.5. The van der Waals surface area contributed by atoms with Crippen LogP contribution in [-0.2, 0) is 4.79 Å². The zero-order chi connectivity index (χ0) is 23.8. The van der Waals surface area contributed by atoms with E-state index in [-0.39, 0.29) is 18.4 Å². The first-order chi connectivity index (χ1) is 16.6. The normalized spacial score (nSPS) is 15.8. The van der Waals surface area contributed by atoms with E-state index in [1.165, 1.54) is 0 Å². The summed E-state index contributed by atoms with van der Waals surface area (Å²) in [6, 6.07) is 19.3. The smallest absolute Gasteiger partial charge is 0.303 e. The lowest BCUT2D eigenvalue weighted by molar-refractivity contribution is -0.137. The van der Waals surface area contributed by atoms with Crippen LogP contribution < -0.4 is 4.74 Å². The number of para-hydroxylation sites is 1. The van der Waals surface area contributed by atoms with Crippen molar-refractivity contribution in [2.75, 3.05) is 13.2 Å². The Kier molecular flexibility index (Phi) is 8.02. The molecule has 0 bridgehead atoms. The van der Waals surface area contributed by atoms with Crippen LogP contribution in [0.4, 0.5) is 0 Å². The number of carboxylic acids is 1. The van der Waals surface area contributed by atoms with Crippen molar-refractivity contribution < 1.29 is 23.8 Å².